The van der Waals surface area contributed by atoms with E-state index in [1.807, 2.05) is 24.3 Å². The smallest absolute Gasteiger partial charge is 0.178 e. The molecule has 0 spiro atoms. The summed E-state index contributed by atoms with van der Waals surface area (Å²) in [6.45, 7) is 0. The van der Waals surface area contributed by atoms with Crippen LogP contribution in [0.15, 0.2) is 47.4 Å². The predicted molar refractivity (Wildman–Crippen MR) is 104 cm³/mol. The van der Waals surface area contributed by atoms with Gasteiger partial charge in [0.05, 0.1) is 12.0 Å². The number of methoxy groups -OCH3 is 1. The third-order valence-electron chi connectivity index (χ3n) is 3.60. The van der Waals surface area contributed by atoms with Crippen molar-refractivity contribution in [3.63, 3.8) is 0 Å². The standard InChI is InChI=1S/C17H13FO3S4/c1-21-12-6-3-10(4-7-12)15-16(23-24-17(15)22)11-5-8-14(13(18)9-11)25(2,19)20/h3-9H,1-2H3. The van der Waals surface area contributed by atoms with Crippen LogP contribution in [-0.2, 0) is 9.84 Å². The van der Waals surface area contributed by atoms with Crippen molar-refractivity contribution in [3.05, 3.63) is 52.1 Å². The van der Waals surface area contributed by atoms with Crippen molar-refractivity contribution in [2.75, 3.05) is 13.4 Å². The third-order valence-corrected chi connectivity index (χ3v) is 7.80. The van der Waals surface area contributed by atoms with Crippen molar-refractivity contribution in [2.45, 2.75) is 4.90 Å². The largest absolute Gasteiger partial charge is 0.497 e. The monoisotopic (exact) mass is 412 g/mol. The molecule has 0 radical (unpaired) electrons. The van der Waals surface area contributed by atoms with Gasteiger partial charge in [-0.1, -0.05) is 51.1 Å². The van der Waals surface area contributed by atoms with E-state index in [4.69, 9.17) is 17.0 Å². The molecule has 0 saturated heterocycles. The molecule has 2 aromatic carbocycles. The van der Waals surface area contributed by atoms with Gasteiger partial charge in [0.25, 0.3) is 0 Å². The molecule has 0 saturated carbocycles. The summed E-state index contributed by atoms with van der Waals surface area (Å²) in [6.07, 6.45) is 0.989. The fraction of sp³-hybridized carbons (Fsp3) is 0.118. The van der Waals surface area contributed by atoms with Crippen LogP contribution in [0.5, 0.6) is 5.75 Å². The van der Waals surface area contributed by atoms with Gasteiger partial charge in [-0.15, -0.1) is 0 Å². The minimum Gasteiger partial charge on any atom is -0.497 e. The van der Waals surface area contributed by atoms with Crippen molar-refractivity contribution in [1.29, 1.82) is 0 Å². The second kappa shape index (κ2) is 6.95. The number of benzene rings is 2. The second-order valence-corrected chi connectivity index (χ2v) is 10.1. The summed E-state index contributed by atoms with van der Waals surface area (Å²) in [5.74, 6) is -0.0244. The Morgan fingerprint density at radius 2 is 1.68 bits per heavy atom. The van der Waals surface area contributed by atoms with Gasteiger partial charge < -0.3 is 4.74 Å². The van der Waals surface area contributed by atoms with Crippen molar-refractivity contribution in [3.8, 4) is 27.3 Å². The Morgan fingerprint density at radius 1 is 1.04 bits per heavy atom. The molecule has 0 unspecified atom stereocenters. The first-order valence-electron chi connectivity index (χ1n) is 7.09. The number of sulfone groups is 1. The Labute approximate surface area is 157 Å². The average molecular weight is 413 g/mol. The van der Waals surface area contributed by atoms with Crippen molar-refractivity contribution >= 4 is 42.7 Å². The molecule has 130 valence electrons. The summed E-state index contributed by atoms with van der Waals surface area (Å²) in [4.78, 5) is 0.514. The summed E-state index contributed by atoms with van der Waals surface area (Å²) in [5.41, 5.74) is 2.36. The first-order chi connectivity index (χ1) is 11.8. The van der Waals surface area contributed by atoms with E-state index in [1.165, 1.54) is 32.8 Å². The summed E-state index contributed by atoms with van der Waals surface area (Å²) >= 11 is 5.44. The molecule has 0 aliphatic heterocycles. The van der Waals surface area contributed by atoms with Gasteiger partial charge in [-0.25, -0.2) is 12.8 Å². The molecular formula is C17H13FO3S4. The van der Waals surface area contributed by atoms with Gasteiger partial charge >= 0.3 is 0 Å². The molecule has 0 fully saturated rings. The lowest BCUT2D eigenvalue weighted by molar-refractivity contribution is 0.415. The maximum absolute atomic E-state index is 14.3. The molecule has 0 bridgehead atoms. The zero-order valence-electron chi connectivity index (χ0n) is 13.3. The highest BCUT2D eigenvalue weighted by Gasteiger charge is 2.18. The average Bonchev–Trinajstić information content (AvgIpc) is 2.95. The van der Waals surface area contributed by atoms with Crippen molar-refractivity contribution in [2.24, 2.45) is 0 Å². The molecule has 0 atom stereocenters. The Balaban J connectivity index is 2.13. The fourth-order valence-corrected chi connectivity index (χ4v) is 6.04. The van der Waals surface area contributed by atoms with E-state index in [9.17, 15) is 12.8 Å². The first kappa shape index (κ1) is 18.2. The SMILES string of the molecule is COc1ccc(-c2c(-c3ccc(S(C)(=O)=O)c(F)c3)ssc2=S)cc1. The molecule has 0 N–H and O–H groups in total. The number of ether oxygens (including phenoxy) is 1. The van der Waals surface area contributed by atoms with Crippen LogP contribution >= 0.6 is 32.9 Å². The van der Waals surface area contributed by atoms with Gasteiger partial charge in [-0.05, 0) is 35.4 Å². The highest BCUT2D eigenvalue weighted by molar-refractivity contribution is 7.90. The number of halogens is 1. The molecule has 1 aromatic heterocycles. The quantitative estimate of drug-likeness (QED) is 0.424. The number of hydrogen-bond acceptors (Lipinski definition) is 6. The van der Waals surface area contributed by atoms with Gasteiger partial charge in [0, 0.05) is 11.8 Å². The first-order valence-corrected chi connectivity index (χ1v) is 11.5. The minimum absolute atomic E-state index is 0.305. The summed E-state index contributed by atoms with van der Waals surface area (Å²) in [5, 5.41) is 0. The van der Waals surface area contributed by atoms with Gasteiger partial charge in [0.1, 0.15) is 20.3 Å². The number of hydrogen-bond donors (Lipinski definition) is 0. The molecule has 25 heavy (non-hydrogen) atoms. The van der Waals surface area contributed by atoms with E-state index in [2.05, 4.69) is 0 Å². The summed E-state index contributed by atoms with van der Waals surface area (Å²) in [7, 11) is 0.871. The third kappa shape index (κ3) is 3.67. The minimum atomic E-state index is -3.60. The lowest BCUT2D eigenvalue weighted by Gasteiger charge is -2.07. The molecule has 3 nitrogen and oxygen atoms in total. The molecule has 3 rings (SSSR count). The zero-order chi connectivity index (χ0) is 18.2. The maximum Gasteiger partial charge on any atom is 0.178 e. The van der Waals surface area contributed by atoms with Crippen LogP contribution in [-0.4, -0.2) is 21.8 Å². The lowest BCUT2D eigenvalue weighted by Crippen LogP contribution is -2.00. The topological polar surface area (TPSA) is 43.4 Å². The van der Waals surface area contributed by atoms with Crippen LogP contribution in [0, 0.1) is 9.64 Å². The predicted octanol–water partition coefficient (Wildman–Crippen LogP) is 5.42. The second-order valence-electron chi connectivity index (χ2n) is 5.30. The van der Waals surface area contributed by atoms with Gasteiger partial charge in [0.15, 0.2) is 9.84 Å². The van der Waals surface area contributed by atoms with E-state index in [1.54, 1.807) is 13.2 Å². The molecule has 8 heteroatoms. The van der Waals surface area contributed by atoms with Crippen molar-refractivity contribution in [1.82, 2.24) is 0 Å². The normalized spacial score (nSPS) is 11.5. The molecule has 1 heterocycles. The highest BCUT2D eigenvalue weighted by Crippen LogP contribution is 2.42. The lowest BCUT2D eigenvalue weighted by atomic mass is 10.0. The molecule has 0 aliphatic rings. The van der Waals surface area contributed by atoms with Crippen LogP contribution in [0.4, 0.5) is 4.39 Å². The van der Waals surface area contributed by atoms with Crippen LogP contribution in [0.3, 0.4) is 0 Å². The van der Waals surface area contributed by atoms with Crippen LogP contribution in [0.1, 0.15) is 0 Å². The molecule has 0 amide bonds. The maximum atomic E-state index is 14.3. The Morgan fingerprint density at radius 3 is 2.24 bits per heavy atom. The highest BCUT2D eigenvalue weighted by atomic mass is 32.9. The van der Waals surface area contributed by atoms with Gasteiger partial charge in [-0.3, -0.25) is 0 Å². The van der Waals surface area contributed by atoms with Crippen LogP contribution in [0.25, 0.3) is 21.6 Å². The van der Waals surface area contributed by atoms with E-state index in [0.717, 1.165) is 28.0 Å². The summed E-state index contributed by atoms with van der Waals surface area (Å²) < 4.78 is 43.3. The van der Waals surface area contributed by atoms with E-state index in [-0.39, 0.29) is 4.90 Å². The molecule has 3 aromatic rings. The Kier molecular flexibility index (Phi) is 5.06. The van der Waals surface area contributed by atoms with Crippen molar-refractivity contribution < 1.29 is 17.5 Å². The Hall–Kier alpha value is -1.61. The van der Waals surface area contributed by atoms with E-state index >= 15 is 0 Å². The molecular weight excluding hydrogens is 399 g/mol. The van der Waals surface area contributed by atoms with Crippen LogP contribution < -0.4 is 4.74 Å². The Bertz CT molecular complexity index is 1080. The van der Waals surface area contributed by atoms with E-state index in [0.29, 0.717) is 9.39 Å². The number of rotatable bonds is 4. The zero-order valence-corrected chi connectivity index (χ0v) is 16.5. The van der Waals surface area contributed by atoms with Crippen LogP contribution in [0.2, 0.25) is 0 Å². The van der Waals surface area contributed by atoms with Gasteiger partial charge in [0.2, 0.25) is 0 Å². The summed E-state index contributed by atoms with van der Waals surface area (Å²) in [6, 6.07) is 11.6. The van der Waals surface area contributed by atoms with E-state index < -0.39 is 15.7 Å². The fourth-order valence-electron chi connectivity index (χ4n) is 2.40. The molecule has 0 aliphatic carbocycles. The van der Waals surface area contributed by atoms with Gasteiger partial charge in [-0.2, -0.15) is 0 Å².